The van der Waals surface area contributed by atoms with Crippen molar-refractivity contribution in [2.75, 3.05) is 5.32 Å². The fourth-order valence-corrected chi connectivity index (χ4v) is 2.35. The number of nitro groups is 1. The SMILES string of the molecule is Cc1nn(C)c(C)c1CCC(=O)Nc1cc([N+](=O)[O-])ccc1F. The van der Waals surface area contributed by atoms with Gasteiger partial charge in [-0.25, -0.2) is 4.39 Å². The number of anilines is 1. The summed E-state index contributed by atoms with van der Waals surface area (Å²) in [6, 6.07) is 3.02. The molecule has 23 heavy (non-hydrogen) atoms. The summed E-state index contributed by atoms with van der Waals surface area (Å²) in [5.41, 5.74) is 2.32. The number of non-ortho nitro benzene ring substituents is 1. The van der Waals surface area contributed by atoms with E-state index in [2.05, 4.69) is 10.4 Å². The first-order chi connectivity index (χ1) is 10.8. The molecular formula is C15H17FN4O3. The van der Waals surface area contributed by atoms with Gasteiger partial charge in [0.2, 0.25) is 5.91 Å². The second-order valence-corrected chi connectivity index (χ2v) is 5.24. The third-order valence-electron chi connectivity index (χ3n) is 3.70. The number of carbonyl (C=O) groups is 1. The molecule has 1 heterocycles. The number of benzene rings is 1. The highest BCUT2D eigenvalue weighted by Gasteiger charge is 2.15. The minimum Gasteiger partial charge on any atom is -0.323 e. The van der Waals surface area contributed by atoms with Crippen molar-refractivity contribution in [2.24, 2.45) is 7.05 Å². The first kappa shape index (κ1) is 16.6. The maximum absolute atomic E-state index is 13.6. The second-order valence-electron chi connectivity index (χ2n) is 5.24. The molecule has 1 N–H and O–H groups in total. The maximum Gasteiger partial charge on any atom is 0.271 e. The summed E-state index contributed by atoms with van der Waals surface area (Å²) in [5.74, 6) is -1.12. The van der Waals surface area contributed by atoms with Gasteiger partial charge in [0.15, 0.2) is 0 Å². The molecule has 8 heteroatoms. The van der Waals surface area contributed by atoms with Crippen molar-refractivity contribution in [1.29, 1.82) is 0 Å². The molecule has 7 nitrogen and oxygen atoms in total. The molecule has 0 saturated heterocycles. The van der Waals surface area contributed by atoms with Gasteiger partial charge in [-0.15, -0.1) is 0 Å². The Hall–Kier alpha value is -2.77. The van der Waals surface area contributed by atoms with Gasteiger partial charge in [0.1, 0.15) is 5.82 Å². The van der Waals surface area contributed by atoms with Crippen LogP contribution in [0.2, 0.25) is 0 Å². The minimum absolute atomic E-state index is 0.134. The van der Waals surface area contributed by atoms with E-state index in [1.165, 1.54) is 0 Å². The molecule has 0 radical (unpaired) electrons. The maximum atomic E-state index is 13.6. The van der Waals surface area contributed by atoms with E-state index < -0.39 is 16.6 Å². The zero-order valence-corrected chi connectivity index (χ0v) is 13.1. The van der Waals surface area contributed by atoms with Crippen LogP contribution in [0.5, 0.6) is 0 Å². The number of amides is 1. The summed E-state index contributed by atoms with van der Waals surface area (Å²) < 4.78 is 15.4. The smallest absolute Gasteiger partial charge is 0.271 e. The second kappa shape index (κ2) is 6.55. The Bertz CT molecular complexity index is 770. The van der Waals surface area contributed by atoms with E-state index in [0.717, 1.165) is 35.2 Å². The van der Waals surface area contributed by atoms with Crippen LogP contribution in [0.4, 0.5) is 15.8 Å². The molecule has 0 fully saturated rings. The van der Waals surface area contributed by atoms with E-state index in [1.807, 2.05) is 20.9 Å². The number of carbonyl (C=O) groups excluding carboxylic acids is 1. The topological polar surface area (TPSA) is 90.1 Å². The first-order valence-electron chi connectivity index (χ1n) is 7.02. The molecule has 0 aliphatic rings. The van der Waals surface area contributed by atoms with Gasteiger partial charge in [-0.3, -0.25) is 19.6 Å². The summed E-state index contributed by atoms with van der Waals surface area (Å²) in [6.07, 6.45) is 0.601. The molecule has 0 atom stereocenters. The van der Waals surface area contributed by atoms with Crippen molar-refractivity contribution < 1.29 is 14.1 Å². The average molecular weight is 320 g/mol. The van der Waals surface area contributed by atoms with Crippen molar-refractivity contribution in [3.05, 3.63) is 51.1 Å². The van der Waals surface area contributed by atoms with Gasteiger partial charge in [0.25, 0.3) is 5.69 Å². The van der Waals surface area contributed by atoms with E-state index in [1.54, 1.807) is 4.68 Å². The van der Waals surface area contributed by atoms with Gasteiger partial charge in [-0.05, 0) is 31.9 Å². The van der Waals surface area contributed by atoms with Crippen molar-refractivity contribution in [2.45, 2.75) is 26.7 Å². The van der Waals surface area contributed by atoms with E-state index in [4.69, 9.17) is 0 Å². The van der Waals surface area contributed by atoms with Crippen molar-refractivity contribution in [3.8, 4) is 0 Å². The van der Waals surface area contributed by atoms with Gasteiger partial charge in [-0.2, -0.15) is 5.10 Å². The van der Waals surface area contributed by atoms with Crippen LogP contribution in [0, 0.1) is 29.8 Å². The fourth-order valence-electron chi connectivity index (χ4n) is 2.35. The Balaban J connectivity index is 2.05. The van der Waals surface area contributed by atoms with E-state index in [9.17, 15) is 19.3 Å². The summed E-state index contributed by atoms with van der Waals surface area (Å²) in [4.78, 5) is 22.0. The Labute approximate surface area is 132 Å². The van der Waals surface area contributed by atoms with Gasteiger partial charge >= 0.3 is 0 Å². The highest BCUT2D eigenvalue weighted by atomic mass is 19.1. The quantitative estimate of drug-likeness (QED) is 0.677. The standard InChI is InChI=1S/C15H17FN4O3/c1-9-12(10(2)19(3)18-9)5-7-15(21)17-14-8-11(20(22)23)4-6-13(14)16/h4,6,8H,5,7H2,1-3H3,(H,17,21). The van der Waals surface area contributed by atoms with E-state index in [0.29, 0.717) is 6.42 Å². The number of hydrogen-bond acceptors (Lipinski definition) is 4. The van der Waals surface area contributed by atoms with Gasteiger partial charge in [-0.1, -0.05) is 0 Å². The molecule has 1 amide bonds. The van der Waals surface area contributed by atoms with Crippen molar-refractivity contribution >= 4 is 17.3 Å². The third kappa shape index (κ3) is 3.71. The van der Waals surface area contributed by atoms with Crippen LogP contribution in [-0.4, -0.2) is 20.6 Å². The number of aromatic nitrogens is 2. The highest BCUT2D eigenvalue weighted by molar-refractivity contribution is 5.91. The number of rotatable bonds is 5. The molecule has 0 aliphatic carbocycles. The molecule has 122 valence electrons. The molecule has 1 aromatic carbocycles. The van der Waals surface area contributed by atoms with Gasteiger partial charge in [0, 0.05) is 31.3 Å². The Morgan fingerprint density at radius 2 is 2.13 bits per heavy atom. The monoisotopic (exact) mass is 320 g/mol. The zero-order valence-electron chi connectivity index (χ0n) is 13.1. The van der Waals surface area contributed by atoms with Crippen LogP contribution >= 0.6 is 0 Å². The molecule has 2 aromatic rings. The van der Waals surface area contributed by atoms with Gasteiger partial charge in [0.05, 0.1) is 16.3 Å². The van der Waals surface area contributed by atoms with Crippen LogP contribution in [0.3, 0.4) is 0 Å². The lowest BCUT2D eigenvalue weighted by Crippen LogP contribution is -2.14. The Morgan fingerprint density at radius 1 is 1.43 bits per heavy atom. The first-order valence-corrected chi connectivity index (χ1v) is 7.02. The summed E-state index contributed by atoms with van der Waals surface area (Å²) in [7, 11) is 1.82. The summed E-state index contributed by atoms with van der Waals surface area (Å²) in [5, 5.41) is 17.3. The number of aryl methyl sites for hydroxylation is 2. The number of nitrogens with one attached hydrogen (secondary N) is 1. The lowest BCUT2D eigenvalue weighted by Gasteiger charge is -2.07. The summed E-state index contributed by atoms with van der Waals surface area (Å²) in [6.45, 7) is 3.77. The van der Waals surface area contributed by atoms with E-state index in [-0.39, 0.29) is 17.8 Å². The van der Waals surface area contributed by atoms with Crippen LogP contribution in [0.25, 0.3) is 0 Å². The number of halogens is 1. The molecule has 1 aromatic heterocycles. The van der Waals surface area contributed by atoms with Crippen LogP contribution in [0.15, 0.2) is 18.2 Å². The van der Waals surface area contributed by atoms with E-state index >= 15 is 0 Å². The lowest BCUT2D eigenvalue weighted by molar-refractivity contribution is -0.384. The highest BCUT2D eigenvalue weighted by Crippen LogP contribution is 2.22. The van der Waals surface area contributed by atoms with Gasteiger partial charge < -0.3 is 5.32 Å². The van der Waals surface area contributed by atoms with Crippen molar-refractivity contribution in [1.82, 2.24) is 9.78 Å². The normalized spacial score (nSPS) is 10.6. The van der Waals surface area contributed by atoms with Crippen LogP contribution < -0.4 is 5.32 Å². The number of hydrogen-bond donors (Lipinski definition) is 1. The fraction of sp³-hybridized carbons (Fsp3) is 0.333. The third-order valence-corrected chi connectivity index (χ3v) is 3.70. The molecular weight excluding hydrogens is 303 g/mol. The van der Waals surface area contributed by atoms with Crippen LogP contribution in [0.1, 0.15) is 23.4 Å². The predicted molar refractivity (Wildman–Crippen MR) is 82.7 cm³/mol. The summed E-state index contributed by atoms with van der Waals surface area (Å²) >= 11 is 0. The molecule has 0 bridgehead atoms. The Morgan fingerprint density at radius 3 is 2.70 bits per heavy atom. The molecule has 0 aliphatic heterocycles. The predicted octanol–water partition coefficient (Wildman–Crippen LogP) is 2.66. The molecule has 0 saturated carbocycles. The number of nitrogens with zero attached hydrogens (tertiary/aromatic N) is 3. The Kier molecular flexibility index (Phi) is 4.73. The minimum atomic E-state index is -0.710. The molecule has 2 rings (SSSR count). The number of nitro benzene ring substituents is 1. The largest absolute Gasteiger partial charge is 0.323 e. The molecule has 0 spiro atoms. The zero-order chi connectivity index (χ0) is 17.1. The van der Waals surface area contributed by atoms with Crippen LogP contribution in [-0.2, 0) is 18.3 Å². The van der Waals surface area contributed by atoms with Crippen molar-refractivity contribution in [3.63, 3.8) is 0 Å². The lowest BCUT2D eigenvalue weighted by atomic mass is 10.1. The molecule has 0 unspecified atom stereocenters. The average Bonchev–Trinajstić information content (AvgIpc) is 2.72.